The van der Waals surface area contributed by atoms with E-state index in [2.05, 4.69) is 6.92 Å². The summed E-state index contributed by atoms with van der Waals surface area (Å²) in [6.45, 7) is 9.18. The van der Waals surface area contributed by atoms with Gasteiger partial charge in [0.05, 0.1) is 25.4 Å². The number of morpholine rings is 1. The molecule has 2 aliphatic rings. The van der Waals surface area contributed by atoms with Crippen molar-refractivity contribution in [2.24, 2.45) is 11.8 Å². The van der Waals surface area contributed by atoms with Gasteiger partial charge in [-0.15, -0.1) is 0 Å². The van der Waals surface area contributed by atoms with Crippen LogP contribution in [0.5, 0.6) is 0 Å². The van der Waals surface area contributed by atoms with E-state index in [-0.39, 0.29) is 18.1 Å². The highest BCUT2D eigenvalue weighted by Gasteiger charge is 2.41. The zero-order chi connectivity index (χ0) is 17.0. The molecule has 1 aliphatic heterocycles. The SMILES string of the molecule is CCC1CCCCC1C(O)C1COCCN1C(=O)OC(C)(C)C. The maximum Gasteiger partial charge on any atom is 0.410 e. The van der Waals surface area contributed by atoms with Gasteiger partial charge in [-0.3, -0.25) is 4.90 Å². The highest BCUT2D eigenvalue weighted by molar-refractivity contribution is 5.68. The second kappa shape index (κ2) is 7.84. The number of amides is 1. The predicted molar refractivity (Wildman–Crippen MR) is 89.3 cm³/mol. The molecule has 1 N–H and O–H groups in total. The highest BCUT2D eigenvalue weighted by Crippen LogP contribution is 2.36. The van der Waals surface area contributed by atoms with Crippen LogP contribution in [0.4, 0.5) is 4.79 Å². The van der Waals surface area contributed by atoms with Gasteiger partial charge in [-0.1, -0.05) is 32.6 Å². The largest absolute Gasteiger partial charge is 0.444 e. The van der Waals surface area contributed by atoms with Gasteiger partial charge in [0.1, 0.15) is 5.60 Å². The third-order valence-corrected chi connectivity index (χ3v) is 5.12. The minimum Gasteiger partial charge on any atom is -0.444 e. The Bertz CT molecular complexity index is 393. The van der Waals surface area contributed by atoms with E-state index in [0.29, 0.717) is 25.7 Å². The Hall–Kier alpha value is -0.810. The summed E-state index contributed by atoms with van der Waals surface area (Å²) < 4.78 is 11.1. The first-order valence-electron chi connectivity index (χ1n) is 9.09. The minimum atomic E-state index is -0.534. The zero-order valence-electron chi connectivity index (χ0n) is 15.1. The van der Waals surface area contributed by atoms with Crippen LogP contribution >= 0.6 is 0 Å². The predicted octanol–water partition coefficient (Wildman–Crippen LogP) is 3.20. The number of aliphatic hydroxyl groups excluding tert-OH is 1. The molecule has 0 aromatic rings. The van der Waals surface area contributed by atoms with Crippen molar-refractivity contribution < 1.29 is 19.4 Å². The molecule has 2 fully saturated rings. The van der Waals surface area contributed by atoms with E-state index in [1.165, 1.54) is 12.8 Å². The van der Waals surface area contributed by atoms with Crippen LogP contribution in [0.1, 0.15) is 59.8 Å². The molecule has 0 radical (unpaired) electrons. The summed E-state index contributed by atoms with van der Waals surface area (Å²) >= 11 is 0. The second-order valence-electron chi connectivity index (χ2n) is 7.92. The van der Waals surface area contributed by atoms with E-state index in [4.69, 9.17) is 9.47 Å². The summed E-state index contributed by atoms with van der Waals surface area (Å²) in [5, 5.41) is 11.0. The van der Waals surface area contributed by atoms with Crippen LogP contribution in [0, 0.1) is 11.8 Å². The molecule has 0 spiro atoms. The average Bonchev–Trinajstić information content (AvgIpc) is 2.52. The minimum absolute atomic E-state index is 0.255. The van der Waals surface area contributed by atoms with Gasteiger partial charge < -0.3 is 14.6 Å². The Kier molecular flexibility index (Phi) is 6.32. The summed E-state index contributed by atoms with van der Waals surface area (Å²) in [4.78, 5) is 14.2. The van der Waals surface area contributed by atoms with Crippen molar-refractivity contribution in [1.29, 1.82) is 0 Å². The smallest absolute Gasteiger partial charge is 0.410 e. The molecule has 5 heteroatoms. The van der Waals surface area contributed by atoms with E-state index >= 15 is 0 Å². The molecule has 0 bridgehead atoms. The van der Waals surface area contributed by atoms with Gasteiger partial charge in [0, 0.05) is 6.54 Å². The van der Waals surface area contributed by atoms with Gasteiger partial charge in [-0.2, -0.15) is 0 Å². The van der Waals surface area contributed by atoms with E-state index in [9.17, 15) is 9.90 Å². The quantitative estimate of drug-likeness (QED) is 0.865. The highest BCUT2D eigenvalue weighted by atomic mass is 16.6. The summed E-state index contributed by atoms with van der Waals surface area (Å²) in [5.74, 6) is 0.798. The number of nitrogens with zero attached hydrogens (tertiary/aromatic N) is 1. The first-order chi connectivity index (χ1) is 10.8. The van der Waals surface area contributed by atoms with Crippen molar-refractivity contribution in [3.8, 4) is 0 Å². The van der Waals surface area contributed by atoms with Crippen LogP contribution < -0.4 is 0 Å². The third-order valence-electron chi connectivity index (χ3n) is 5.12. The van der Waals surface area contributed by atoms with Crippen molar-refractivity contribution in [2.75, 3.05) is 19.8 Å². The van der Waals surface area contributed by atoms with E-state index in [1.807, 2.05) is 20.8 Å². The molecule has 4 atom stereocenters. The lowest BCUT2D eigenvalue weighted by Crippen LogP contribution is -2.57. The normalized spacial score (nSPS) is 30.8. The summed E-state index contributed by atoms with van der Waals surface area (Å²) in [6.07, 6.45) is 4.84. The lowest BCUT2D eigenvalue weighted by molar-refractivity contribution is -0.0905. The molecule has 5 nitrogen and oxygen atoms in total. The molecular weight excluding hydrogens is 294 g/mol. The van der Waals surface area contributed by atoms with Crippen molar-refractivity contribution in [3.05, 3.63) is 0 Å². The molecule has 1 saturated heterocycles. The molecule has 4 unspecified atom stereocenters. The van der Waals surface area contributed by atoms with Gasteiger partial charge in [0.25, 0.3) is 0 Å². The number of carbonyl (C=O) groups excluding carboxylic acids is 1. The van der Waals surface area contributed by atoms with Crippen molar-refractivity contribution in [2.45, 2.75) is 77.5 Å². The van der Waals surface area contributed by atoms with E-state index in [1.54, 1.807) is 4.90 Å². The Morgan fingerprint density at radius 1 is 1.35 bits per heavy atom. The molecule has 134 valence electrons. The fourth-order valence-corrected chi connectivity index (χ4v) is 3.93. The topological polar surface area (TPSA) is 59.0 Å². The molecule has 0 aromatic heterocycles. The lowest BCUT2D eigenvalue weighted by atomic mass is 9.73. The Balaban J connectivity index is 2.08. The molecule has 1 heterocycles. The van der Waals surface area contributed by atoms with E-state index < -0.39 is 11.7 Å². The summed E-state index contributed by atoms with van der Waals surface area (Å²) in [5.41, 5.74) is -0.526. The van der Waals surface area contributed by atoms with Crippen molar-refractivity contribution in [3.63, 3.8) is 0 Å². The maximum atomic E-state index is 12.5. The average molecular weight is 327 g/mol. The van der Waals surface area contributed by atoms with Crippen molar-refractivity contribution in [1.82, 2.24) is 4.90 Å². The fourth-order valence-electron chi connectivity index (χ4n) is 3.93. The summed E-state index contributed by atoms with van der Waals surface area (Å²) in [7, 11) is 0. The first kappa shape index (κ1) is 18.5. The fraction of sp³-hybridized carbons (Fsp3) is 0.944. The summed E-state index contributed by atoms with van der Waals surface area (Å²) in [6, 6.07) is -0.296. The molecule has 1 saturated carbocycles. The molecule has 2 rings (SSSR count). The number of aliphatic hydroxyl groups is 1. The number of hydrogen-bond donors (Lipinski definition) is 1. The van der Waals surface area contributed by atoms with Gasteiger partial charge >= 0.3 is 6.09 Å². The Labute approximate surface area is 140 Å². The molecule has 1 amide bonds. The van der Waals surface area contributed by atoms with Crippen LogP contribution in [0.25, 0.3) is 0 Å². The number of hydrogen-bond acceptors (Lipinski definition) is 4. The second-order valence-corrected chi connectivity index (χ2v) is 7.92. The van der Waals surface area contributed by atoms with Crippen LogP contribution in [0.3, 0.4) is 0 Å². The lowest BCUT2D eigenvalue weighted by Gasteiger charge is -2.43. The first-order valence-corrected chi connectivity index (χ1v) is 9.09. The molecular formula is C18H33NO4. The zero-order valence-corrected chi connectivity index (χ0v) is 15.1. The molecule has 1 aliphatic carbocycles. The van der Waals surface area contributed by atoms with Crippen LogP contribution in [0.2, 0.25) is 0 Å². The van der Waals surface area contributed by atoms with Gasteiger partial charge in [-0.25, -0.2) is 4.79 Å². The van der Waals surface area contributed by atoms with Crippen LogP contribution in [0.15, 0.2) is 0 Å². The maximum absolute atomic E-state index is 12.5. The number of carbonyl (C=O) groups is 1. The van der Waals surface area contributed by atoms with Gasteiger partial charge in [0.15, 0.2) is 0 Å². The monoisotopic (exact) mass is 327 g/mol. The number of ether oxygens (including phenoxy) is 2. The van der Waals surface area contributed by atoms with Crippen LogP contribution in [-0.2, 0) is 9.47 Å². The van der Waals surface area contributed by atoms with Crippen molar-refractivity contribution >= 4 is 6.09 Å². The standard InChI is InChI=1S/C18H33NO4/c1-5-13-8-6-7-9-14(13)16(20)15-12-22-11-10-19(15)17(21)23-18(2,3)4/h13-16,20H,5-12H2,1-4H3. The van der Waals surface area contributed by atoms with Gasteiger partial charge in [0.2, 0.25) is 0 Å². The van der Waals surface area contributed by atoms with Crippen LogP contribution in [-0.4, -0.2) is 53.6 Å². The molecule has 23 heavy (non-hydrogen) atoms. The van der Waals surface area contributed by atoms with E-state index in [0.717, 1.165) is 19.3 Å². The Morgan fingerprint density at radius 2 is 2.04 bits per heavy atom. The number of rotatable bonds is 3. The van der Waals surface area contributed by atoms with Gasteiger partial charge in [-0.05, 0) is 39.0 Å². The molecule has 0 aromatic carbocycles. The Morgan fingerprint density at radius 3 is 2.70 bits per heavy atom. The third kappa shape index (κ3) is 4.83.